The zero-order valence-electron chi connectivity index (χ0n) is 11.4. The van der Waals surface area contributed by atoms with Crippen LogP contribution in [0.5, 0.6) is 0 Å². The lowest BCUT2D eigenvalue weighted by atomic mass is 10.2. The summed E-state index contributed by atoms with van der Waals surface area (Å²) < 4.78 is 18.6. The normalized spacial score (nSPS) is 10.7. The lowest BCUT2D eigenvalue weighted by molar-refractivity contribution is 0.531. The number of benzene rings is 2. The maximum absolute atomic E-state index is 12.8. The molecule has 1 N–H and O–H groups in total. The standard InChI is InChI=1S/C17H12Cl2FNO/c18-11-1-7-16(19)15(9-11)17-8-6-14(22-17)10-21-13-4-2-12(20)3-5-13/h1-9,21H,10H2. The van der Waals surface area contributed by atoms with Crippen molar-refractivity contribution in [3.8, 4) is 11.3 Å². The average Bonchev–Trinajstić information content (AvgIpc) is 2.98. The van der Waals surface area contributed by atoms with Gasteiger partial charge < -0.3 is 9.73 Å². The Hall–Kier alpha value is -1.97. The molecule has 1 aromatic heterocycles. The van der Waals surface area contributed by atoms with Crippen LogP contribution in [-0.2, 0) is 6.54 Å². The van der Waals surface area contributed by atoms with Crippen molar-refractivity contribution in [3.63, 3.8) is 0 Å². The van der Waals surface area contributed by atoms with Gasteiger partial charge in [0.1, 0.15) is 17.3 Å². The number of halogens is 3. The highest BCUT2D eigenvalue weighted by molar-refractivity contribution is 6.35. The third-order valence-electron chi connectivity index (χ3n) is 3.17. The van der Waals surface area contributed by atoms with Crippen LogP contribution >= 0.6 is 23.2 Å². The van der Waals surface area contributed by atoms with Crippen molar-refractivity contribution in [1.82, 2.24) is 0 Å². The van der Waals surface area contributed by atoms with Crippen LogP contribution in [0.1, 0.15) is 5.76 Å². The molecular formula is C17H12Cl2FNO. The van der Waals surface area contributed by atoms with Gasteiger partial charge in [-0.2, -0.15) is 0 Å². The van der Waals surface area contributed by atoms with E-state index in [0.29, 0.717) is 22.4 Å². The van der Waals surface area contributed by atoms with Crippen LogP contribution in [0, 0.1) is 5.82 Å². The Bertz CT molecular complexity index is 784. The van der Waals surface area contributed by atoms with Crippen LogP contribution in [0.2, 0.25) is 10.0 Å². The van der Waals surface area contributed by atoms with Gasteiger partial charge in [-0.05, 0) is 54.6 Å². The molecule has 0 spiro atoms. The van der Waals surface area contributed by atoms with Crippen LogP contribution in [0.3, 0.4) is 0 Å². The summed E-state index contributed by atoms with van der Waals surface area (Å²) in [4.78, 5) is 0. The maximum Gasteiger partial charge on any atom is 0.135 e. The van der Waals surface area contributed by atoms with E-state index in [1.165, 1.54) is 12.1 Å². The van der Waals surface area contributed by atoms with E-state index in [4.69, 9.17) is 27.6 Å². The van der Waals surface area contributed by atoms with Gasteiger partial charge >= 0.3 is 0 Å². The van der Waals surface area contributed by atoms with Crippen LogP contribution in [0.4, 0.5) is 10.1 Å². The van der Waals surface area contributed by atoms with Crippen molar-refractivity contribution in [2.45, 2.75) is 6.54 Å². The molecule has 0 fully saturated rings. The molecule has 0 radical (unpaired) electrons. The molecule has 0 aliphatic carbocycles. The van der Waals surface area contributed by atoms with Crippen LogP contribution in [0.15, 0.2) is 59.0 Å². The van der Waals surface area contributed by atoms with Crippen LogP contribution in [-0.4, -0.2) is 0 Å². The minimum Gasteiger partial charge on any atom is -0.459 e. The predicted molar refractivity (Wildman–Crippen MR) is 87.9 cm³/mol. The summed E-state index contributed by atoms with van der Waals surface area (Å²) in [6, 6.07) is 15.1. The lowest BCUT2D eigenvalue weighted by Crippen LogP contribution is -1.97. The van der Waals surface area contributed by atoms with E-state index in [-0.39, 0.29) is 5.82 Å². The first-order chi connectivity index (χ1) is 10.6. The second-order valence-corrected chi connectivity index (χ2v) is 5.59. The molecule has 0 aliphatic rings. The Morgan fingerprint density at radius 1 is 0.955 bits per heavy atom. The summed E-state index contributed by atoms with van der Waals surface area (Å²) in [5.74, 6) is 1.14. The third-order valence-corrected chi connectivity index (χ3v) is 3.73. The van der Waals surface area contributed by atoms with Crippen molar-refractivity contribution in [3.05, 3.63) is 76.2 Å². The van der Waals surface area contributed by atoms with E-state index in [0.717, 1.165) is 17.0 Å². The first-order valence-corrected chi connectivity index (χ1v) is 7.41. The Morgan fingerprint density at radius 3 is 2.50 bits per heavy atom. The zero-order valence-corrected chi connectivity index (χ0v) is 13.0. The predicted octanol–water partition coefficient (Wildman–Crippen LogP) is 6.00. The summed E-state index contributed by atoms with van der Waals surface area (Å²) in [5.41, 5.74) is 1.57. The van der Waals surface area contributed by atoms with E-state index in [1.807, 2.05) is 12.1 Å². The van der Waals surface area contributed by atoms with Crippen LogP contribution in [0.25, 0.3) is 11.3 Å². The summed E-state index contributed by atoms with van der Waals surface area (Å²) in [7, 11) is 0. The molecule has 5 heteroatoms. The summed E-state index contributed by atoms with van der Waals surface area (Å²) in [6.45, 7) is 0.490. The monoisotopic (exact) mass is 335 g/mol. The van der Waals surface area contributed by atoms with Gasteiger partial charge in [0.25, 0.3) is 0 Å². The summed E-state index contributed by atoms with van der Waals surface area (Å²) in [6.07, 6.45) is 0. The highest BCUT2D eigenvalue weighted by atomic mass is 35.5. The molecule has 0 aliphatic heterocycles. The highest BCUT2D eigenvalue weighted by Crippen LogP contribution is 2.31. The van der Waals surface area contributed by atoms with E-state index < -0.39 is 0 Å². The van der Waals surface area contributed by atoms with Crippen LogP contribution < -0.4 is 5.32 Å². The fourth-order valence-electron chi connectivity index (χ4n) is 2.06. The lowest BCUT2D eigenvalue weighted by Gasteiger charge is -2.04. The number of nitrogens with one attached hydrogen (secondary N) is 1. The van der Waals surface area contributed by atoms with Crippen molar-refractivity contribution < 1.29 is 8.81 Å². The third kappa shape index (κ3) is 3.43. The molecule has 0 unspecified atom stereocenters. The number of anilines is 1. The van der Waals surface area contributed by atoms with Crippen molar-refractivity contribution >= 4 is 28.9 Å². The molecule has 0 atom stereocenters. The quantitative estimate of drug-likeness (QED) is 0.632. The second-order valence-electron chi connectivity index (χ2n) is 4.75. The van der Waals surface area contributed by atoms with Gasteiger partial charge in [-0.25, -0.2) is 4.39 Å². The minimum atomic E-state index is -0.263. The maximum atomic E-state index is 12.8. The first-order valence-electron chi connectivity index (χ1n) is 6.65. The first kappa shape index (κ1) is 14.9. The van der Waals surface area contributed by atoms with Gasteiger partial charge in [-0.1, -0.05) is 23.2 Å². The van der Waals surface area contributed by atoms with Crippen molar-refractivity contribution in [2.24, 2.45) is 0 Å². The fraction of sp³-hybridized carbons (Fsp3) is 0.0588. The molecule has 2 nitrogen and oxygen atoms in total. The largest absolute Gasteiger partial charge is 0.459 e. The van der Waals surface area contributed by atoms with E-state index in [9.17, 15) is 4.39 Å². The highest BCUT2D eigenvalue weighted by Gasteiger charge is 2.09. The summed E-state index contributed by atoms with van der Waals surface area (Å²) in [5, 5.41) is 4.34. The number of hydrogen-bond donors (Lipinski definition) is 1. The van der Waals surface area contributed by atoms with Gasteiger partial charge in [0, 0.05) is 16.3 Å². The molecule has 0 saturated carbocycles. The fourth-order valence-corrected chi connectivity index (χ4v) is 2.44. The van der Waals surface area contributed by atoms with E-state index >= 15 is 0 Å². The number of rotatable bonds is 4. The molecule has 22 heavy (non-hydrogen) atoms. The second kappa shape index (κ2) is 6.42. The van der Waals surface area contributed by atoms with Gasteiger partial charge in [-0.15, -0.1) is 0 Å². The Labute approximate surface area is 137 Å². The number of furan rings is 1. The average molecular weight is 336 g/mol. The molecule has 0 bridgehead atoms. The molecule has 2 aromatic carbocycles. The molecular weight excluding hydrogens is 324 g/mol. The zero-order chi connectivity index (χ0) is 15.5. The van der Waals surface area contributed by atoms with E-state index in [1.54, 1.807) is 30.3 Å². The summed E-state index contributed by atoms with van der Waals surface area (Å²) >= 11 is 12.1. The van der Waals surface area contributed by atoms with E-state index in [2.05, 4.69) is 5.32 Å². The number of hydrogen-bond acceptors (Lipinski definition) is 2. The van der Waals surface area contributed by atoms with Crippen molar-refractivity contribution in [1.29, 1.82) is 0 Å². The Kier molecular flexibility index (Phi) is 4.36. The molecule has 3 rings (SSSR count). The van der Waals surface area contributed by atoms with Gasteiger partial charge in [0.2, 0.25) is 0 Å². The minimum absolute atomic E-state index is 0.263. The molecule has 0 saturated heterocycles. The Balaban J connectivity index is 1.73. The molecule has 112 valence electrons. The molecule has 3 aromatic rings. The van der Waals surface area contributed by atoms with Gasteiger partial charge in [0.05, 0.1) is 11.6 Å². The van der Waals surface area contributed by atoms with Crippen molar-refractivity contribution in [2.75, 3.05) is 5.32 Å². The van der Waals surface area contributed by atoms with Gasteiger partial charge in [0.15, 0.2) is 0 Å². The SMILES string of the molecule is Fc1ccc(NCc2ccc(-c3cc(Cl)ccc3Cl)o2)cc1. The van der Waals surface area contributed by atoms with Gasteiger partial charge in [-0.3, -0.25) is 0 Å². The topological polar surface area (TPSA) is 25.2 Å². The molecule has 1 heterocycles. The Morgan fingerprint density at radius 2 is 1.73 bits per heavy atom. The molecule has 0 amide bonds. The smallest absolute Gasteiger partial charge is 0.135 e.